The first-order valence-electron chi connectivity index (χ1n) is 3.68. The van der Waals surface area contributed by atoms with E-state index in [1.165, 1.54) is 0 Å². The molecule has 0 bridgehead atoms. The zero-order chi connectivity index (χ0) is 7.28. The molecule has 1 rings (SSSR count). The average Bonchev–Trinajstić information content (AvgIpc) is 2.23. The molecular weight excluding hydrogens is 117 g/mol. The molecule has 1 nitrogen and oxygen atoms in total. The van der Waals surface area contributed by atoms with Gasteiger partial charge in [0.15, 0.2) is 6.30 Å². The van der Waals surface area contributed by atoms with Crippen LogP contribution < -0.4 is 5.32 Å². The van der Waals surface area contributed by atoms with Crippen molar-refractivity contribution < 1.29 is 4.39 Å². The Morgan fingerprint density at radius 2 is 2.00 bits per heavy atom. The van der Waals surface area contributed by atoms with E-state index in [4.69, 9.17) is 0 Å². The number of rotatable bonds is 0. The lowest BCUT2D eigenvalue weighted by atomic mass is 10.1. The molecule has 1 fully saturated rings. The summed E-state index contributed by atoms with van der Waals surface area (Å²) in [7, 11) is 0. The summed E-state index contributed by atoms with van der Waals surface area (Å²) in [5, 5.41) is 2.70. The van der Waals surface area contributed by atoms with Crippen LogP contribution in [0.1, 0.15) is 27.2 Å². The zero-order valence-electron chi connectivity index (χ0n) is 6.45. The van der Waals surface area contributed by atoms with E-state index in [0.29, 0.717) is 0 Å². The molecule has 2 atom stereocenters. The van der Waals surface area contributed by atoms with Crippen LogP contribution in [0.15, 0.2) is 0 Å². The predicted octanol–water partition coefficient (Wildman–Crippen LogP) is 1.94. The third-order valence-corrected chi connectivity index (χ3v) is 1.44. The molecule has 0 aromatic rings. The maximum Gasteiger partial charge on any atom is 0.153 e. The third kappa shape index (κ3) is 2.80. The fraction of sp³-hybridized carbons (Fsp3) is 1.00. The molecule has 0 amide bonds. The van der Waals surface area contributed by atoms with Crippen molar-refractivity contribution in [1.29, 1.82) is 0 Å². The van der Waals surface area contributed by atoms with Crippen LogP contribution in [0.4, 0.5) is 4.39 Å². The smallest absolute Gasteiger partial charge is 0.153 e. The molecule has 1 N–H and O–H groups in total. The maximum absolute atomic E-state index is 12.2. The molecule has 2 unspecified atom stereocenters. The third-order valence-electron chi connectivity index (χ3n) is 1.44. The lowest BCUT2D eigenvalue weighted by Crippen LogP contribution is -2.19. The van der Waals surface area contributed by atoms with Gasteiger partial charge < -0.3 is 0 Å². The standard InChI is InChI=1S/C5H10FN.C2H6/c1-4-2-3-7-5(4)6;1-2/h4-5,7H,2-3H2,1H3;1-2H3. The Hall–Kier alpha value is -0.110. The van der Waals surface area contributed by atoms with E-state index < -0.39 is 6.30 Å². The Bertz CT molecular complexity index is 57.9. The molecule has 0 spiro atoms. The van der Waals surface area contributed by atoms with Gasteiger partial charge in [-0.3, -0.25) is 5.32 Å². The van der Waals surface area contributed by atoms with Crippen LogP contribution >= 0.6 is 0 Å². The highest BCUT2D eigenvalue weighted by atomic mass is 19.1. The largest absolute Gasteiger partial charge is 0.288 e. The van der Waals surface area contributed by atoms with Crippen molar-refractivity contribution in [2.24, 2.45) is 5.92 Å². The SMILES string of the molecule is CC.CC1CCNC1F. The fourth-order valence-corrected chi connectivity index (χ4v) is 0.796. The van der Waals surface area contributed by atoms with E-state index in [1.807, 2.05) is 20.8 Å². The Morgan fingerprint density at radius 1 is 1.44 bits per heavy atom. The minimum atomic E-state index is -0.736. The second-order valence-corrected chi connectivity index (χ2v) is 2.12. The van der Waals surface area contributed by atoms with Gasteiger partial charge in [-0.15, -0.1) is 0 Å². The summed E-state index contributed by atoms with van der Waals surface area (Å²) < 4.78 is 12.2. The van der Waals surface area contributed by atoms with Gasteiger partial charge in [0.05, 0.1) is 0 Å². The topological polar surface area (TPSA) is 12.0 Å². The maximum atomic E-state index is 12.2. The molecular formula is C7H16FN. The van der Waals surface area contributed by atoms with Gasteiger partial charge in [0.2, 0.25) is 0 Å². The second-order valence-electron chi connectivity index (χ2n) is 2.12. The first-order chi connectivity index (χ1) is 4.30. The number of alkyl halides is 1. The van der Waals surface area contributed by atoms with Crippen LogP contribution in [0, 0.1) is 5.92 Å². The van der Waals surface area contributed by atoms with Gasteiger partial charge in [0.1, 0.15) is 0 Å². The molecule has 1 heterocycles. The number of halogens is 1. The normalized spacial score (nSPS) is 33.3. The minimum absolute atomic E-state index is 0.236. The number of hydrogen-bond acceptors (Lipinski definition) is 1. The minimum Gasteiger partial charge on any atom is -0.288 e. The van der Waals surface area contributed by atoms with Gasteiger partial charge in [-0.05, 0) is 13.0 Å². The highest BCUT2D eigenvalue weighted by molar-refractivity contribution is 4.71. The molecule has 1 aliphatic heterocycles. The van der Waals surface area contributed by atoms with E-state index >= 15 is 0 Å². The molecule has 1 aliphatic rings. The van der Waals surface area contributed by atoms with Gasteiger partial charge >= 0.3 is 0 Å². The lowest BCUT2D eigenvalue weighted by Gasteiger charge is -2.01. The van der Waals surface area contributed by atoms with Crippen molar-refractivity contribution >= 4 is 0 Å². The lowest BCUT2D eigenvalue weighted by molar-refractivity contribution is 0.251. The van der Waals surface area contributed by atoms with Crippen molar-refractivity contribution in [2.75, 3.05) is 6.54 Å². The molecule has 9 heavy (non-hydrogen) atoms. The molecule has 0 aromatic heterocycles. The van der Waals surface area contributed by atoms with Gasteiger partial charge in [-0.25, -0.2) is 4.39 Å². The summed E-state index contributed by atoms with van der Waals surface area (Å²) in [6.45, 7) is 6.77. The van der Waals surface area contributed by atoms with Crippen LogP contribution in [0.2, 0.25) is 0 Å². The summed E-state index contributed by atoms with van der Waals surface area (Å²) in [5.74, 6) is 0.236. The highest BCUT2D eigenvalue weighted by Gasteiger charge is 2.20. The summed E-state index contributed by atoms with van der Waals surface area (Å²) in [6, 6.07) is 0. The first-order valence-corrected chi connectivity index (χ1v) is 3.68. The van der Waals surface area contributed by atoms with Crippen LogP contribution in [0.5, 0.6) is 0 Å². The molecule has 2 heteroatoms. The van der Waals surface area contributed by atoms with Gasteiger partial charge in [0.25, 0.3) is 0 Å². The van der Waals surface area contributed by atoms with Crippen molar-refractivity contribution in [3.05, 3.63) is 0 Å². The first kappa shape index (κ1) is 8.89. The van der Waals surface area contributed by atoms with Crippen molar-refractivity contribution in [1.82, 2.24) is 5.32 Å². The molecule has 0 saturated carbocycles. The van der Waals surface area contributed by atoms with E-state index in [9.17, 15) is 4.39 Å². The molecule has 0 radical (unpaired) electrons. The quantitative estimate of drug-likeness (QED) is 0.498. The van der Waals surface area contributed by atoms with Gasteiger partial charge in [-0.1, -0.05) is 20.8 Å². The average molecular weight is 133 g/mol. The Balaban J connectivity index is 0.000000291. The van der Waals surface area contributed by atoms with Crippen LogP contribution in [-0.2, 0) is 0 Å². The fourth-order valence-electron chi connectivity index (χ4n) is 0.796. The van der Waals surface area contributed by atoms with Crippen LogP contribution in [-0.4, -0.2) is 12.8 Å². The number of nitrogens with one attached hydrogen (secondary N) is 1. The summed E-state index contributed by atoms with van der Waals surface area (Å²) >= 11 is 0. The Morgan fingerprint density at radius 3 is 2.11 bits per heavy atom. The Labute approximate surface area is 56.6 Å². The summed E-state index contributed by atoms with van der Waals surface area (Å²) in [6.07, 6.45) is 0.251. The zero-order valence-corrected chi connectivity index (χ0v) is 6.45. The van der Waals surface area contributed by atoms with Crippen molar-refractivity contribution in [2.45, 2.75) is 33.5 Å². The van der Waals surface area contributed by atoms with E-state index in [-0.39, 0.29) is 5.92 Å². The van der Waals surface area contributed by atoms with Crippen molar-refractivity contribution in [3.63, 3.8) is 0 Å². The van der Waals surface area contributed by atoms with Gasteiger partial charge in [-0.2, -0.15) is 0 Å². The molecule has 1 saturated heterocycles. The second kappa shape index (κ2) is 4.74. The van der Waals surface area contributed by atoms with Gasteiger partial charge in [0, 0.05) is 5.92 Å². The van der Waals surface area contributed by atoms with E-state index in [0.717, 1.165) is 13.0 Å². The summed E-state index contributed by atoms with van der Waals surface area (Å²) in [5.41, 5.74) is 0. The Kier molecular flexibility index (Phi) is 4.68. The molecule has 0 aliphatic carbocycles. The molecule has 0 aromatic carbocycles. The summed E-state index contributed by atoms with van der Waals surface area (Å²) in [4.78, 5) is 0. The number of hydrogen-bond donors (Lipinski definition) is 1. The van der Waals surface area contributed by atoms with Crippen LogP contribution in [0.25, 0.3) is 0 Å². The highest BCUT2D eigenvalue weighted by Crippen LogP contribution is 2.13. The molecule has 56 valence electrons. The predicted molar refractivity (Wildman–Crippen MR) is 38.0 cm³/mol. The van der Waals surface area contributed by atoms with Crippen LogP contribution in [0.3, 0.4) is 0 Å². The van der Waals surface area contributed by atoms with Crippen molar-refractivity contribution in [3.8, 4) is 0 Å². The van der Waals surface area contributed by atoms with E-state index in [2.05, 4.69) is 5.32 Å². The monoisotopic (exact) mass is 133 g/mol. The van der Waals surface area contributed by atoms with E-state index in [1.54, 1.807) is 0 Å².